The number of alkyl halides is 3. The Balaban J connectivity index is 2.30. The van der Waals surface area contributed by atoms with Gasteiger partial charge in [-0.3, -0.25) is 4.79 Å². The van der Waals surface area contributed by atoms with Crippen LogP contribution < -0.4 is 0 Å². The highest BCUT2D eigenvalue weighted by Crippen LogP contribution is 2.41. The van der Waals surface area contributed by atoms with E-state index in [0.717, 1.165) is 7.11 Å². The zero-order chi connectivity index (χ0) is 20.6. The van der Waals surface area contributed by atoms with Crippen molar-refractivity contribution >= 4 is 17.1 Å². The van der Waals surface area contributed by atoms with Crippen molar-refractivity contribution in [1.82, 2.24) is 19.5 Å². The minimum absolute atomic E-state index is 0.0585. The molecule has 3 rings (SSSR count). The van der Waals surface area contributed by atoms with Gasteiger partial charge in [0.05, 0.1) is 13.4 Å². The van der Waals surface area contributed by atoms with E-state index < -0.39 is 18.1 Å². The summed E-state index contributed by atoms with van der Waals surface area (Å²) in [6.45, 7) is 5.54. The Morgan fingerprint density at radius 2 is 1.89 bits per heavy atom. The third kappa shape index (κ3) is 3.44. The number of carbonyl (C=O) groups excluding carboxylic acids is 1. The zero-order valence-electron chi connectivity index (χ0n) is 15.8. The molecule has 148 valence electrons. The fourth-order valence-electron chi connectivity index (χ4n) is 3.12. The van der Waals surface area contributed by atoms with E-state index in [1.807, 2.05) is 13.8 Å². The first-order valence-electron chi connectivity index (χ1n) is 8.58. The fourth-order valence-corrected chi connectivity index (χ4v) is 3.12. The molecule has 0 aliphatic heterocycles. The van der Waals surface area contributed by atoms with Crippen LogP contribution in [0.3, 0.4) is 0 Å². The Hall–Kier alpha value is -2.97. The summed E-state index contributed by atoms with van der Waals surface area (Å²) < 4.78 is 47.5. The second kappa shape index (κ2) is 7.21. The highest BCUT2D eigenvalue weighted by atomic mass is 19.4. The van der Waals surface area contributed by atoms with Gasteiger partial charge in [0.1, 0.15) is 17.5 Å². The van der Waals surface area contributed by atoms with Crippen molar-refractivity contribution < 1.29 is 22.7 Å². The SMILES string of the molecule is COC(=O)C(c1cc(C)ccc1-c1ncnc2c1ncn2C(C)C)C(F)(F)F. The van der Waals surface area contributed by atoms with Crippen molar-refractivity contribution in [2.45, 2.75) is 38.9 Å². The molecule has 1 atom stereocenters. The molecule has 0 aliphatic rings. The van der Waals surface area contributed by atoms with Gasteiger partial charge in [-0.05, 0) is 26.3 Å². The van der Waals surface area contributed by atoms with Crippen LogP contribution in [-0.4, -0.2) is 38.8 Å². The molecule has 0 saturated heterocycles. The number of nitrogens with zero attached hydrogens (tertiary/aromatic N) is 4. The van der Waals surface area contributed by atoms with Crippen molar-refractivity contribution in [1.29, 1.82) is 0 Å². The number of fused-ring (bicyclic) bond motifs is 1. The summed E-state index contributed by atoms with van der Waals surface area (Å²) in [6.07, 6.45) is -1.97. The molecule has 9 heteroatoms. The van der Waals surface area contributed by atoms with Crippen LogP contribution in [0, 0.1) is 6.92 Å². The number of hydrogen-bond acceptors (Lipinski definition) is 5. The van der Waals surface area contributed by atoms with Gasteiger partial charge in [0.2, 0.25) is 0 Å². The normalized spacial score (nSPS) is 13.1. The molecule has 6 nitrogen and oxygen atoms in total. The van der Waals surface area contributed by atoms with E-state index in [4.69, 9.17) is 0 Å². The highest BCUT2D eigenvalue weighted by molar-refractivity contribution is 5.91. The minimum atomic E-state index is -4.82. The first-order valence-corrected chi connectivity index (χ1v) is 8.58. The van der Waals surface area contributed by atoms with Gasteiger partial charge in [0, 0.05) is 11.6 Å². The number of esters is 1. The molecule has 3 aromatic rings. The van der Waals surface area contributed by atoms with Crippen LogP contribution in [0.4, 0.5) is 13.2 Å². The van der Waals surface area contributed by atoms with Crippen LogP contribution in [-0.2, 0) is 9.53 Å². The maximum absolute atomic E-state index is 13.7. The van der Waals surface area contributed by atoms with E-state index in [2.05, 4.69) is 19.7 Å². The fraction of sp³-hybridized carbons (Fsp3) is 0.368. The number of aromatic nitrogens is 4. The minimum Gasteiger partial charge on any atom is -0.468 e. The van der Waals surface area contributed by atoms with Crippen LogP contribution in [0.2, 0.25) is 0 Å². The first-order chi connectivity index (χ1) is 13.1. The standard InChI is InChI=1S/C19H19F3N4O2/c1-10(2)26-9-25-16-15(23-8-24-17(16)26)12-6-5-11(3)7-13(12)14(18(27)28-4)19(20,21)22/h5-10,14H,1-4H3. The number of methoxy groups -OCH3 is 1. The Labute approximate surface area is 159 Å². The summed E-state index contributed by atoms with van der Waals surface area (Å²) in [5.74, 6) is -3.80. The second-order valence-corrected chi connectivity index (χ2v) is 6.73. The Kier molecular flexibility index (Phi) is 5.10. The number of imidazole rings is 1. The van der Waals surface area contributed by atoms with Crippen LogP contribution in [0.1, 0.15) is 36.9 Å². The molecule has 0 spiro atoms. The predicted molar refractivity (Wildman–Crippen MR) is 96.7 cm³/mol. The zero-order valence-corrected chi connectivity index (χ0v) is 15.8. The number of halogens is 3. The Morgan fingerprint density at radius 3 is 2.50 bits per heavy atom. The average molecular weight is 392 g/mol. The maximum Gasteiger partial charge on any atom is 0.406 e. The van der Waals surface area contributed by atoms with Gasteiger partial charge in [-0.25, -0.2) is 15.0 Å². The van der Waals surface area contributed by atoms with Crippen molar-refractivity contribution in [3.8, 4) is 11.3 Å². The third-order valence-electron chi connectivity index (χ3n) is 4.45. The van der Waals surface area contributed by atoms with Crippen molar-refractivity contribution in [2.24, 2.45) is 0 Å². The lowest BCUT2D eigenvalue weighted by Crippen LogP contribution is -2.30. The lowest BCUT2D eigenvalue weighted by atomic mass is 9.90. The van der Waals surface area contributed by atoms with Crippen molar-refractivity contribution in [3.63, 3.8) is 0 Å². The lowest BCUT2D eigenvalue weighted by molar-refractivity contribution is -0.179. The molecular formula is C19H19F3N4O2. The molecule has 0 bridgehead atoms. The maximum atomic E-state index is 13.7. The van der Waals surface area contributed by atoms with Gasteiger partial charge in [-0.15, -0.1) is 0 Å². The summed E-state index contributed by atoms with van der Waals surface area (Å²) in [4.78, 5) is 24.7. The van der Waals surface area contributed by atoms with E-state index in [-0.39, 0.29) is 22.9 Å². The molecule has 0 radical (unpaired) electrons. The van der Waals surface area contributed by atoms with E-state index in [0.29, 0.717) is 16.7 Å². The van der Waals surface area contributed by atoms with Crippen LogP contribution in [0.5, 0.6) is 0 Å². The van der Waals surface area contributed by atoms with Crippen molar-refractivity contribution in [2.75, 3.05) is 7.11 Å². The van der Waals surface area contributed by atoms with Gasteiger partial charge in [-0.2, -0.15) is 13.2 Å². The van der Waals surface area contributed by atoms with Gasteiger partial charge in [-0.1, -0.05) is 23.8 Å². The second-order valence-electron chi connectivity index (χ2n) is 6.73. The molecule has 2 heterocycles. The van der Waals surface area contributed by atoms with Crippen LogP contribution in [0.15, 0.2) is 30.9 Å². The number of ether oxygens (including phenoxy) is 1. The van der Waals surface area contributed by atoms with Crippen LogP contribution in [0.25, 0.3) is 22.4 Å². The van der Waals surface area contributed by atoms with E-state index in [1.165, 1.54) is 18.5 Å². The van der Waals surface area contributed by atoms with Gasteiger partial charge >= 0.3 is 12.1 Å². The van der Waals surface area contributed by atoms with Gasteiger partial charge in [0.15, 0.2) is 11.6 Å². The summed E-state index contributed by atoms with van der Waals surface area (Å²) >= 11 is 0. The molecular weight excluding hydrogens is 373 g/mol. The van der Waals surface area contributed by atoms with E-state index in [1.54, 1.807) is 23.9 Å². The largest absolute Gasteiger partial charge is 0.468 e. The summed E-state index contributed by atoms with van der Waals surface area (Å²) in [6, 6.07) is 4.57. The van der Waals surface area contributed by atoms with Gasteiger partial charge < -0.3 is 9.30 Å². The van der Waals surface area contributed by atoms with E-state index in [9.17, 15) is 18.0 Å². The molecule has 1 unspecified atom stereocenters. The number of hydrogen-bond donors (Lipinski definition) is 0. The highest BCUT2D eigenvalue weighted by Gasteiger charge is 2.48. The van der Waals surface area contributed by atoms with E-state index >= 15 is 0 Å². The van der Waals surface area contributed by atoms with Crippen LogP contribution >= 0.6 is 0 Å². The summed E-state index contributed by atoms with van der Waals surface area (Å²) in [5.41, 5.74) is 1.63. The molecule has 0 amide bonds. The number of carbonyl (C=O) groups is 1. The predicted octanol–water partition coefficient (Wildman–Crippen LogP) is 4.20. The lowest BCUT2D eigenvalue weighted by Gasteiger charge is -2.21. The first kappa shape index (κ1) is 19.8. The summed E-state index contributed by atoms with van der Waals surface area (Å²) in [5, 5.41) is 0. The molecule has 28 heavy (non-hydrogen) atoms. The molecule has 1 aromatic carbocycles. The Morgan fingerprint density at radius 1 is 1.18 bits per heavy atom. The third-order valence-corrected chi connectivity index (χ3v) is 4.45. The number of aryl methyl sites for hydroxylation is 1. The molecule has 0 aliphatic carbocycles. The monoisotopic (exact) mass is 392 g/mol. The summed E-state index contributed by atoms with van der Waals surface area (Å²) in [7, 11) is 0.934. The molecule has 0 fully saturated rings. The molecule has 0 saturated carbocycles. The van der Waals surface area contributed by atoms with Crippen molar-refractivity contribution in [3.05, 3.63) is 42.0 Å². The van der Waals surface area contributed by atoms with Gasteiger partial charge in [0.25, 0.3) is 0 Å². The number of rotatable bonds is 4. The molecule has 0 N–H and O–H groups in total. The Bertz CT molecular complexity index is 1030. The smallest absolute Gasteiger partial charge is 0.406 e. The topological polar surface area (TPSA) is 69.9 Å². The number of benzene rings is 1. The average Bonchev–Trinajstić information content (AvgIpc) is 3.05. The molecule has 2 aromatic heterocycles. The quantitative estimate of drug-likeness (QED) is 0.623.